The smallest absolute Gasteiger partial charge is 0.236 e. The average Bonchev–Trinajstić information content (AvgIpc) is 3.39. The number of carbonyl (C=O) groups excluding carboxylic acids is 1. The number of benzene rings is 1. The molecule has 1 heterocycles. The van der Waals surface area contributed by atoms with Crippen LogP contribution in [0.2, 0.25) is 5.02 Å². The van der Waals surface area contributed by atoms with Gasteiger partial charge in [0, 0.05) is 37.2 Å². The number of hydrogen-bond acceptors (Lipinski definition) is 3. The van der Waals surface area contributed by atoms with E-state index in [4.69, 9.17) is 11.6 Å². The molecule has 1 amide bonds. The highest BCUT2D eigenvalue weighted by Crippen LogP contribution is 2.28. The van der Waals surface area contributed by atoms with E-state index in [1.165, 1.54) is 18.4 Å². The Morgan fingerprint density at radius 3 is 2.61 bits per heavy atom. The molecule has 0 spiro atoms. The summed E-state index contributed by atoms with van der Waals surface area (Å²) in [6.07, 6.45) is 2.64. The Bertz CT molecular complexity index is 539. The second-order valence-corrected chi connectivity index (χ2v) is 7.10. The van der Waals surface area contributed by atoms with E-state index in [1.807, 2.05) is 23.1 Å². The van der Waals surface area contributed by atoms with Gasteiger partial charge in [-0.25, -0.2) is 0 Å². The molecule has 1 aromatic carbocycles. The third-order valence-electron chi connectivity index (χ3n) is 4.98. The summed E-state index contributed by atoms with van der Waals surface area (Å²) in [5.41, 5.74) is 1.17. The van der Waals surface area contributed by atoms with Gasteiger partial charge in [-0.05, 0) is 43.9 Å². The number of nitrogens with one attached hydrogen (secondary N) is 1. The van der Waals surface area contributed by atoms with Crippen LogP contribution in [0.4, 0.5) is 0 Å². The summed E-state index contributed by atoms with van der Waals surface area (Å²) in [6, 6.07) is 8.31. The summed E-state index contributed by atoms with van der Waals surface area (Å²) in [4.78, 5) is 16.6. The fourth-order valence-electron chi connectivity index (χ4n) is 3.19. The Hall–Kier alpha value is -1.10. The van der Waals surface area contributed by atoms with Gasteiger partial charge in [0.25, 0.3) is 0 Å². The molecule has 1 N–H and O–H groups in total. The average molecular weight is 336 g/mol. The van der Waals surface area contributed by atoms with Crippen LogP contribution < -0.4 is 5.32 Å². The molecule has 1 aliphatic heterocycles. The summed E-state index contributed by atoms with van der Waals surface area (Å²) < 4.78 is 0. The minimum absolute atomic E-state index is 0.232. The van der Waals surface area contributed by atoms with Gasteiger partial charge in [-0.2, -0.15) is 0 Å². The third-order valence-corrected chi connectivity index (χ3v) is 5.32. The molecule has 2 fully saturated rings. The lowest BCUT2D eigenvalue weighted by Gasteiger charge is -2.38. The molecule has 126 valence electrons. The number of amides is 1. The molecule has 2 aliphatic rings. The molecule has 1 aliphatic carbocycles. The van der Waals surface area contributed by atoms with Crippen LogP contribution >= 0.6 is 11.6 Å². The highest BCUT2D eigenvalue weighted by atomic mass is 35.5. The number of nitrogens with zero attached hydrogens (tertiary/aromatic N) is 2. The van der Waals surface area contributed by atoms with Crippen LogP contribution in [0.25, 0.3) is 0 Å². The second kappa shape index (κ2) is 7.65. The minimum Gasteiger partial charge on any atom is -0.339 e. The number of hydrogen-bond donors (Lipinski definition) is 1. The number of halogens is 1. The molecule has 1 atom stereocenters. The van der Waals surface area contributed by atoms with Crippen molar-refractivity contribution >= 4 is 17.5 Å². The zero-order chi connectivity index (χ0) is 16.2. The van der Waals surface area contributed by atoms with Crippen molar-refractivity contribution in [3.05, 3.63) is 34.9 Å². The fraction of sp³-hybridized carbons (Fsp3) is 0.611. The van der Waals surface area contributed by atoms with E-state index in [2.05, 4.69) is 23.2 Å². The van der Waals surface area contributed by atoms with Gasteiger partial charge in [-0.15, -0.1) is 0 Å². The Balaban J connectivity index is 1.45. The van der Waals surface area contributed by atoms with Gasteiger partial charge in [0.15, 0.2) is 0 Å². The fourth-order valence-corrected chi connectivity index (χ4v) is 3.48. The first-order valence-electron chi connectivity index (χ1n) is 8.62. The minimum atomic E-state index is 0.232. The van der Waals surface area contributed by atoms with Crippen molar-refractivity contribution in [2.75, 3.05) is 39.3 Å². The van der Waals surface area contributed by atoms with Gasteiger partial charge in [-0.1, -0.05) is 29.8 Å². The van der Waals surface area contributed by atoms with Crippen LogP contribution in [0.1, 0.15) is 31.4 Å². The van der Waals surface area contributed by atoms with Gasteiger partial charge in [-0.3, -0.25) is 9.69 Å². The Morgan fingerprint density at radius 2 is 1.96 bits per heavy atom. The SMILES string of the molecule is CC(c1ccccc1Cl)N1CCN(C(=O)CNCC2CC2)CC1. The van der Waals surface area contributed by atoms with Crippen LogP contribution in [0, 0.1) is 5.92 Å². The lowest BCUT2D eigenvalue weighted by Crippen LogP contribution is -2.51. The highest BCUT2D eigenvalue weighted by molar-refractivity contribution is 6.31. The predicted octanol–water partition coefficient (Wildman–Crippen LogP) is 2.54. The van der Waals surface area contributed by atoms with Crippen molar-refractivity contribution in [2.24, 2.45) is 5.92 Å². The lowest BCUT2D eigenvalue weighted by atomic mass is 10.1. The maximum atomic E-state index is 12.2. The Morgan fingerprint density at radius 1 is 1.26 bits per heavy atom. The first-order valence-corrected chi connectivity index (χ1v) is 9.00. The number of piperazine rings is 1. The number of rotatable bonds is 6. The normalized spacial score (nSPS) is 20.5. The standard InChI is InChI=1S/C18H26ClN3O/c1-14(16-4-2-3-5-17(16)19)21-8-10-22(11-9-21)18(23)13-20-12-15-6-7-15/h2-5,14-15,20H,6-13H2,1H3. The molecule has 1 saturated carbocycles. The zero-order valence-corrected chi connectivity index (χ0v) is 14.6. The molecule has 0 radical (unpaired) electrons. The van der Waals surface area contributed by atoms with E-state index in [-0.39, 0.29) is 11.9 Å². The van der Waals surface area contributed by atoms with Crippen molar-refractivity contribution < 1.29 is 4.79 Å². The largest absolute Gasteiger partial charge is 0.339 e. The monoisotopic (exact) mass is 335 g/mol. The first-order chi connectivity index (χ1) is 11.1. The number of carbonyl (C=O) groups is 1. The molecular weight excluding hydrogens is 310 g/mol. The molecule has 0 bridgehead atoms. The van der Waals surface area contributed by atoms with Gasteiger partial charge in [0.1, 0.15) is 0 Å². The molecule has 4 nitrogen and oxygen atoms in total. The van der Waals surface area contributed by atoms with Crippen molar-refractivity contribution in [1.29, 1.82) is 0 Å². The highest BCUT2D eigenvalue weighted by Gasteiger charge is 2.26. The molecule has 1 unspecified atom stereocenters. The molecule has 1 saturated heterocycles. The first kappa shape index (κ1) is 16.7. The van der Waals surface area contributed by atoms with Gasteiger partial charge in [0.2, 0.25) is 5.91 Å². The van der Waals surface area contributed by atoms with Gasteiger partial charge >= 0.3 is 0 Å². The van der Waals surface area contributed by atoms with E-state index in [9.17, 15) is 4.79 Å². The van der Waals surface area contributed by atoms with E-state index >= 15 is 0 Å². The predicted molar refractivity (Wildman–Crippen MR) is 93.6 cm³/mol. The Labute approximate surface area is 143 Å². The molecule has 1 aromatic rings. The van der Waals surface area contributed by atoms with Crippen LogP contribution in [-0.4, -0.2) is 55.0 Å². The quantitative estimate of drug-likeness (QED) is 0.867. The maximum Gasteiger partial charge on any atom is 0.236 e. The van der Waals surface area contributed by atoms with Crippen molar-refractivity contribution in [2.45, 2.75) is 25.8 Å². The van der Waals surface area contributed by atoms with E-state index in [0.29, 0.717) is 6.54 Å². The molecule has 0 aromatic heterocycles. The van der Waals surface area contributed by atoms with E-state index < -0.39 is 0 Å². The van der Waals surface area contributed by atoms with Crippen LogP contribution in [0.5, 0.6) is 0 Å². The molecule has 5 heteroatoms. The topological polar surface area (TPSA) is 35.6 Å². The summed E-state index contributed by atoms with van der Waals surface area (Å²) in [5, 5.41) is 4.11. The zero-order valence-electron chi connectivity index (χ0n) is 13.8. The van der Waals surface area contributed by atoms with Crippen molar-refractivity contribution in [1.82, 2.24) is 15.1 Å². The van der Waals surface area contributed by atoms with Crippen molar-refractivity contribution in [3.8, 4) is 0 Å². The third kappa shape index (κ3) is 4.46. The Kier molecular flexibility index (Phi) is 5.57. The summed E-state index contributed by atoms with van der Waals surface area (Å²) in [5.74, 6) is 1.05. The molecule has 23 heavy (non-hydrogen) atoms. The summed E-state index contributed by atoms with van der Waals surface area (Å²) in [7, 11) is 0. The summed E-state index contributed by atoms with van der Waals surface area (Å²) >= 11 is 6.31. The van der Waals surface area contributed by atoms with Gasteiger partial charge < -0.3 is 10.2 Å². The van der Waals surface area contributed by atoms with Crippen LogP contribution in [0.15, 0.2) is 24.3 Å². The van der Waals surface area contributed by atoms with Crippen molar-refractivity contribution in [3.63, 3.8) is 0 Å². The maximum absolute atomic E-state index is 12.2. The second-order valence-electron chi connectivity index (χ2n) is 6.69. The van der Waals surface area contributed by atoms with Crippen LogP contribution in [-0.2, 0) is 4.79 Å². The summed E-state index contributed by atoms with van der Waals surface area (Å²) in [6.45, 7) is 7.08. The molecule has 3 rings (SSSR count). The molecular formula is C18H26ClN3O. The van der Waals surface area contributed by atoms with Gasteiger partial charge in [0.05, 0.1) is 6.54 Å². The van der Waals surface area contributed by atoms with E-state index in [0.717, 1.165) is 43.7 Å². The van der Waals surface area contributed by atoms with Crippen LogP contribution in [0.3, 0.4) is 0 Å². The van der Waals surface area contributed by atoms with E-state index in [1.54, 1.807) is 0 Å². The lowest BCUT2D eigenvalue weighted by molar-refractivity contribution is -0.132.